The van der Waals surface area contributed by atoms with Crippen LogP contribution in [-0.4, -0.2) is 40.9 Å². The van der Waals surface area contributed by atoms with E-state index in [4.69, 9.17) is 21.7 Å². The molecule has 7 nitrogen and oxygen atoms in total. The van der Waals surface area contributed by atoms with Crippen LogP contribution >= 0.6 is 0 Å². The van der Waals surface area contributed by atoms with E-state index in [0.717, 1.165) is 19.4 Å². The van der Waals surface area contributed by atoms with Crippen molar-refractivity contribution in [2.45, 2.75) is 57.2 Å². The Kier molecular flexibility index (Phi) is 10.1. The molecular weight excluding hydrogens is 250 g/mol. The van der Waals surface area contributed by atoms with E-state index in [-0.39, 0.29) is 12.6 Å². The zero-order chi connectivity index (χ0) is 14.7. The zero-order valence-corrected chi connectivity index (χ0v) is 11.2. The number of nitrogens with one attached hydrogen (secondary N) is 1. The highest BCUT2D eigenvalue weighted by Crippen LogP contribution is 2.02. The summed E-state index contributed by atoms with van der Waals surface area (Å²) in [5, 5.41) is 20.2. The number of hydrogen-bond donors (Lipinski definition) is 5. The normalized spacial score (nSPS) is 14.0. The molecule has 112 valence electrons. The molecule has 0 spiro atoms. The number of hydrogen-bond acceptors (Lipinski definition) is 5. The van der Waals surface area contributed by atoms with Gasteiger partial charge in [-0.3, -0.25) is 9.59 Å². The Morgan fingerprint density at radius 2 is 1.68 bits per heavy atom. The summed E-state index contributed by atoms with van der Waals surface area (Å²) >= 11 is 0. The SMILES string of the molecule is NC(CCC[C@H](N)C(=O)O)NCCCCCC(=O)O. The molecule has 0 rings (SSSR count). The van der Waals surface area contributed by atoms with Crippen molar-refractivity contribution in [2.75, 3.05) is 6.54 Å². The maximum absolute atomic E-state index is 10.5. The summed E-state index contributed by atoms with van der Waals surface area (Å²) in [6.07, 6.45) is 4.23. The lowest BCUT2D eigenvalue weighted by atomic mass is 10.1. The van der Waals surface area contributed by atoms with Gasteiger partial charge in [0.15, 0.2) is 0 Å². The van der Waals surface area contributed by atoms with Crippen molar-refractivity contribution < 1.29 is 19.8 Å². The first-order valence-corrected chi connectivity index (χ1v) is 6.62. The molecule has 19 heavy (non-hydrogen) atoms. The van der Waals surface area contributed by atoms with E-state index in [0.29, 0.717) is 25.7 Å². The second-order valence-electron chi connectivity index (χ2n) is 4.64. The molecule has 0 amide bonds. The molecule has 1 unspecified atom stereocenters. The van der Waals surface area contributed by atoms with Crippen LogP contribution in [0.4, 0.5) is 0 Å². The fraction of sp³-hybridized carbons (Fsp3) is 0.833. The Bertz CT molecular complexity index is 274. The van der Waals surface area contributed by atoms with Crippen LogP contribution in [0.15, 0.2) is 0 Å². The molecule has 0 aromatic heterocycles. The number of aliphatic carboxylic acids is 2. The summed E-state index contributed by atoms with van der Waals surface area (Å²) in [5.74, 6) is -1.75. The van der Waals surface area contributed by atoms with Gasteiger partial charge in [0.2, 0.25) is 0 Å². The van der Waals surface area contributed by atoms with Crippen LogP contribution in [-0.2, 0) is 9.59 Å². The summed E-state index contributed by atoms with van der Waals surface area (Å²) in [6.45, 7) is 0.742. The van der Waals surface area contributed by atoms with E-state index in [2.05, 4.69) is 5.32 Å². The highest BCUT2D eigenvalue weighted by Gasteiger charge is 2.11. The van der Waals surface area contributed by atoms with Gasteiger partial charge in [-0.15, -0.1) is 0 Å². The third kappa shape index (κ3) is 11.6. The van der Waals surface area contributed by atoms with Crippen LogP contribution in [0.5, 0.6) is 0 Å². The van der Waals surface area contributed by atoms with E-state index in [1.54, 1.807) is 0 Å². The first-order chi connectivity index (χ1) is 8.93. The maximum atomic E-state index is 10.5. The van der Waals surface area contributed by atoms with Crippen LogP contribution in [0.3, 0.4) is 0 Å². The summed E-state index contributed by atoms with van der Waals surface area (Å²) in [7, 11) is 0. The minimum atomic E-state index is -0.986. The Hall–Kier alpha value is -1.18. The highest BCUT2D eigenvalue weighted by atomic mass is 16.4. The summed E-state index contributed by atoms with van der Waals surface area (Å²) in [4.78, 5) is 20.8. The summed E-state index contributed by atoms with van der Waals surface area (Å²) < 4.78 is 0. The predicted octanol–water partition coefficient (Wildman–Crippen LogP) is 0.0880. The van der Waals surface area contributed by atoms with Crippen LogP contribution in [0.2, 0.25) is 0 Å². The molecule has 0 aliphatic carbocycles. The average molecular weight is 275 g/mol. The molecule has 7 N–H and O–H groups in total. The third-order valence-electron chi connectivity index (χ3n) is 2.82. The van der Waals surface area contributed by atoms with Gasteiger partial charge in [0.1, 0.15) is 6.04 Å². The van der Waals surface area contributed by atoms with Crippen LogP contribution < -0.4 is 16.8 Å². The molecule has 0 heterocycles. The van der Waals surface area contributed by atoms with E-state index >= 15 is 0 Å². The first-order valence-electron chi connectivity index (χ1n) is 6.62. The second kappa shape index (κ2) is 10.7. The smallest absolute Gasteiger partial charge is 0.320 e. The van der Waals surface area contributed by atoms with Gasteiger partial charge in [-0.05, 0) is 38.6 Å². The topological polar surface area (TPSA) is 139 Å². The molecule has 0 radical (unpaired) electrons. The number of carbonyl (C=O) groups is 2. The summed E-state index contributed by atoms with van der Waals surface area (Å²) in [5.41, 5.74) is 11.2. The lowest BCUT2D eigenvalue weighted by molar-refractivity contribution is -0.139. The van der Waals surface area contributed by atoms with Gasteiger partial charge >= 0.3 is 11.9 Å². The van der Waals surface area contributed by atoms with E-state index in [9.17, 15) is 9.59 Å². The van der Waals surface area contributed by atoms with Crippen molar-refractivity contribution in [1.29, 1.82) is 0 Å². The first kappa shape index (κ1) is 17.8. The molecule has 0 aliphatic rings. The predicted molar refractivity (Wildman–Crippen MR) is 71.5 cm³/mol. The van der Waals surface area contributed by atoms with Gasteiger partial charge in [0.25, 0.3) is 0 Å². The lowest BCUT2D eigenvalue weighted by Crippen LogP contribution is -2.38. The van der Waals surface area contributed by atoms with Gasteiger partial charge in [-0.1, -0.05) is 6.42 Å². The van der Waals surface area contributed by atoms with Gasteiger partial charge in [0, 0.05) is 6.42 Å². The van der Waals surface area contributed by atoms with Crippen molar-refractivity contribution in [3.05, 3.63) is 0 Å². The maximum Gasteiger partial charge on any atom is 0.320 e. The largest absolute Gasteiger partial charge is 0.481 e. The van der Waals surface area contributed by atoms with E-state index < -0.39 is 18.0 Å². The number of unbranched alkanes of at least 4 members (excludes halogenated alkanes) is 2. The van der Waals surface area contributed by atoms with Crippen molar-refractivity contribution in [2.24, 2.45) is 11.5 Å². The Morgan fingerprint density at radius 1 is 1.00 bits per heavy atom. The monoisotopic (exact) mass is 275 g/mol. The number of rotatable bonds is 12. The van der Waals surface area contributed by atoms with E-state index in [1.807, 2.05) is 0 Å². The highest BCUT2D eigenvalue weighted by molar-refractivity contribution is 5.72. The van der Waals surface area contributed by atoms with Crippen LogP contribution in [0, 0.1) is 0 Å². The number of nitrogens with two attached hydrogens (primary N) is 2. The van der Waals surface area contributed by atoms with Crippen molar-refractivity contribution in [3.8, 4) is 0 Å². The molecular formula is C12H25N3O4. The Labute approximate surface area is 113 Å². The zero-order valence-electron chi connectivity index (χ0n) is 11.2. The third-order valence-corrected chi connectivity index (χ3v) is 2.82. The molecule has 2 atom stereocenters. The molecule has 0 aromatic carbocycles. The van der Waals surface area contributed by atoms with Gasteiger partial charge in [0.05, 0.1) is 6.17 Å². The number of carboxylic acid groups (broad SMARTS) is 2. The average Bonchev–Trinajstić information content (AvgIpc) is 2.32. The van der Waals surface area contributed by atoms with Crippen LogP contribution in [0.1, 0.15) is 44.9 Å². The minimum Gasteiger partial charge on any atom is -0.481 e. The minimum absolute atomic E-state index is 0.166. The second-order valence-corrected chi connectivity index (χ2v) is 4.64. The fourth-order valence-electron chi connectivity index (χ4n) is 1.65. The van der Waals surface area contributed by atoms with Crippen molar-refractivity contribution in [3.63, 3.8) is 0 Å². The standard InChI is InChI=1S/C12H25N3O4/c13-9(12(18)19)5-4-6-10(14)15-8-3-1-2-7-11(16)17/h9-10,15H,1-8,13-14H2,(H,16,17)(H,18,19)/t9-,10?/m0/s1. The number of carboxylic acids is 2. The Balaban J connectivity index is 3.37. The lowest BCUT2D eigenvalue weighted by Gasteiger charge is -2.14. The fourth-order valence-corrected chi connectivity index (χ4v) is 1.65. The van der Waals surface area contributed by atoms with Gasteiger partial charge in [-0.25, -0.2) is 0 Å². The quantitative estimate of drug-likeness (QED) is 0.251. The van der Waals surface area contributed by atoms with Gasteiger partial charge in [-0.2, -0.15) is 0 Å². The van der Waals surface area contributed by atoms with Gasteiger partial charge < -0.3 is 27.0 Å². The molecule has 0 aromatic rings. The molecule has 7 heteroatoms. The Morgan fingerprint density at radius 3 is 2.26 bits per heavy atom. The molecule has 0 aliphatic heterocycles. The molecule has 0 fully saturated rings. The van der Waals surface area contributed by atoms with Crippen LogP contribution in [0.25, 0.3) is 0 Å². The molecule has 0 saturated carbocycles. The van der Waals surface area contributed by atoms with Crippen molar-refractivity contribution in [1.82, 2.24) is 5.32 Å². The molecule has 0 bridgehead atoms. The molecule has 0 saturated heterocycles. The summed E-state index contributed by atoms with van der Waals surface area (Å²) in [6, 6.07) is -0.816. The van der Waals surface area contributed by atoms with Crippen molar-refractivity contribution >= 4 is 11.9 Å². The van der Waals surface area contributed by atoms with E-state index in [1.165, 1.54) is 0 Å².